The maximum absolute atomic E-state index is 12.4. The molecule has 9 heteroatoms. The number of urea groups is 1. The van der Waals surface area contributed by atoms with E-state index in [0.29, 0.717) is 41.9 Å². The quantitative estimate of drug-likeness (QED) is 0.723. The van der Waals surface area contributed by atoms with Crippen molar-refractivity contribution in [3.05, 3.63) is 39.6 Å². The Bertz CT molecular complexity index is 986. The Kier molecular flexibility index (Phi) is 5.89. The Balaban J connectivity index is 1.27. The molecule has 0 bridgehead atoms. The molecule has 0 fully saturated rings. The highest BCUT2D eigenvalue weighted by atomic mass is 32.1. The van der Waals surface area contributed by atoms with Crippen LogP contribution in [0.1, 0.15) is 34.1 Å². The zero-order valence-corrected chi connectivity index (χ0v) is 17.3. The lowest BCUT2D eigenvalue weighted by atomic mass is 9.88. The number of anilines is 1. The number of imide groups is 1. The van der Waals surface area contributed by atoms with E-state index in [-0.39, 0.29) is 0 Å². The molecule has 1 unspecified atom stereocenters. The first-order valence-corrected chi connectivity index (χ1v) is 10.6. The molecule has 0 radical (unpaired) electrons. The van der Waals surface area contributed by atoms with Crippen molar-refractivity contribution >= 4 is 34.9 Å². The van der Waals surface area contributed by atoms with Gasteiger partial charge in [-0.1, -0.05) is 6.92 Å². The number of carbonyl (C=O) groups excluding carboxylic acids is 3. The Morgan fingerprint density at radius 1 is 1.20 bits per heavy atom. The van der Waals surface area contributed by atoms with Crippen molar-refractivity contribution in [2.24, 2.45) is 5.92 Å². The number of nitrogens with one attached hydrogen (secondary N) is 2. The number of carbonyl (C=O) groups is 3. The largest absolute Gasteiger partial charge is 0.486 e. The van der Waals surface area contributed by atoms with Gasteiger partial charge in [0.2, 0.25) is 0 Å². The van der Waals surface area contributed by atoms with E-state index in [1.807, 2.05) is 0 Å². The summed E-state index contributed by atoms with van der Waals surface area (Å²) in [7, 11) is 0. The van der Waals surface area contributed by atoms with E-state index in [1.54, 1.807) is 34.9 Å². The standard InChI is InChI=1S/C21H22N2O6S/c1-12-2-4-14-15(11-30-18(14)8-12)20(25)29-10-19(24)23-21(26)22-13-3-5-16-17(9-13)28-7-6-27-16/h3,5,9,11-12H,2,4,6-8,10H2,1H3,(H2,22,23,24,26). The summed E-state index contributed by atoms with van der Waals surface area (Å²) in [6.07, 6.45) is 2.84. The topological polar surface area (TPSA) is 103 Å². The molecule has 30 heavy (non-hydrogen) atoms. The van der Waals surface area contributed by atoms with Crippen LogP contribution in [0.15, 0.2) is 23.6 Å². The van der Waals surface area contributed by atoms with E-state index in [1.165, 1.54) is 4.88 Å². The Labute approximate surface area is 177 Å². The van der Waals surface area contributed by atoms with Gasteiger partial charge in [0.1, 0.15) is 13.2 Å². The SMILES string of the molecule is CC1CCc2c(C(=O)OCC(=O)NC(=O)Nc3ccc4c(c3)OCCO4)csc2C1. The number of esters is 1. The van der Waals surface area contributed by atoms with Crippen LogP contribution >= 0.6 is 11.3 Å². The predicted octanol–water partition coefficient (Wildman–Crippen LogP) is 3.15. The van der Waals surface area contributed by atoms with Gasteiger partial charge >= 0.3 is 12.0 Å². The molecule has 1 aromatic heterocycles. The molecule has 8 nitrogen and oxygen atoms in total. The normalized spacial score (nSPS) is 16.9. The minimum Gasteiger partial charge on any atom is -0.486 e. The van der Waals surface area contributed by atoms with Gasteiger partial charge in [0.25, 0.3) is 5.91 Å². The van der Waals surface area contributed by atoms with E-state index >= 15 is 0 Å². The van der Waals surface area contributed by atoms with Crippen LogP contribution in [0.2, 0.25) is 0 Å². The van der Waals surface area contributed by atoms with Gasteiger partial charge in [-0.3, -0.25) is 10.1 Å². The third-order valence-corrected chi connectivity index (χ3v) is 6.06. The highest BCUT2D eigenvalue weighted by Gasteiger charge is 2.24. The minimum atomic E-state index is -0.727. The Morgan fingerprint density at radius 3 is 2.83 bits per heavy atom. The van der Waals surface area contributed by atoms with E-state index in [9.17, 15) is 14.4 Å². The van der Waals surface area contributed by atoms with Crippen LogP contribution in [-0.2, 0) is 22.4 Å². The van der Waals surface area contributed by atoms with Gasteiger partial charge < -0.3 is 19.5 Å². The zero-order chi connectivity index (χ0) is 21.1. The van der Waals surface area contributed by atoms with Gasteiger partial charge in [0, 0.05) is 22.0 Å². The molecular formula is C21H22N2O6S. The predicted molar refractivity (Wildman–Crippen MR) is 110 cm³/mol. The summed E-state index contributed by atoms with van der Waals surface area (Å²) in [5, 5.41) is 6.47. The summed E-state index contributed by atoms with van der Waals surface area (Å²) < 4.78 is 16.0. The lowest BCUT2D eigenvalue weighted by Gasteiger charge is -2.19. The molecule has 2 aliphatic rings. The van der Waals surface area contributed by atoms with E-state index in [4.69, 9.17) is 14.2 Å². The van der Waals surface area contributed by atoms with Crippen molar-refractivity contribution in [2.75, 3.05) is 25.1 Å². The zero-order valence-electron chi connectivity index (χ0n) is 16.5. The molecule has 0 saturated heterocycles. The third kappa shape index (κ3) is 4.56. The van der Waals surface area contributed by atoms with Crippen LogP contribution in [0.5, 0.6) is 11.5 Å². The number of amides is 3. The fourth-order valence-corrected chi connectivity index (χ4v) is 4.74. The lowest BCUT2D eigenvalue weighted by molar-refractivity contribution is -0.123. The van der Waals surface area contributed by atoms with Crippen LogP contribution in [0.3, 0.4) is 0 Å². The number of benzene rings is 1. The molecule has 2 aromatic rings. The molecular weight excluding hydrogens is 408 g/mol. The summed E-state index contributed by atoms with van der Waals surface area (Å²) in [5.74, 6) is 0.479. The van der Waals surface area contributed by atoms with Crippen molar-refractivity contribution in [3.8, 4) is 11.5 Å². The molecule has 1 atom stereocenters. The average Bonchev–Trinajstić information content (AvgIpc) is 3.15. The van der Waals surface area contributed by atoms with Crippen LogP contribution < -0.4 is 20.1 Å². The van der Waals surface area contributed by atoms with Crippen molar-refractivity contribution in [1.82, 2.24) is 5.32 Å². The number of rotatable bonds is 4. The summed E-state index contributed by atoms with van der Waals surface area (Å²) in [5.41, 5.74) is 2.00. The highest BCUT2D eigenvalue weighted by Crippen LogP contribution is 2.33. The number of hydrogen-bond acceptors (Lipinski definition) is 7. The number of thiophene rings is 1. The second-order valence-corrected chi connectivity index (χ2v) is 8.30. The van der Waals surface area contributed by atoms with Gasteiger partial charge in [-0.25, -0.2) is 9.59 Å². The van der Waals surface area contributed by atoms with Crippen LogP contribution in [0.4, 0.5) is 10.5 Å². The van der Waals surface area contributed by atoms with Gasteiger partial charge in [0.15, 0.2) is 18.1 Å². The maximum atomic E-state index is 12.4. The van der Waals surface area contributed by atoms with Crippen LogP contribution in [0, 0.1) is 5.92 Å². The van der Waals surface area contributed by atoms with Gasteiger partial charge in [-0.2, -0.15) is 0 Å². The highest BCUT2D eigenvalue weighted by molar-refractivity contribution is 7.10. The van der Waals surface area contributed by atoms with Crippen LogP contribution in [0.25, 0.3) is 0 Å². The smallest absolute Gasteiger partial charge is 0.339 e. The number of fused-ring (bicyclic) bond motifs is 2. The van der Waals surface area contributed by atoms with Gasteiger partial charge in [-0.15, -0.1) is 11.3 Å². The van der Waals surface area contributed by atoms with E-state index in [2.05, 4.69) is 17.6 Å². The second-order valence-electron chi connectivity index (χ2n) is 7.34. The number of ether oxygens (including phenoxy) is 3. The molecule has 3 amide bonds. The molecule has 0 saturated carbocycles. The van der Waals surface area contributed by atoms with Crippen molar-refractivity contribution in [1.29, 1.82) is 0 Å². The first kappa shape index (κ1) is 20.2. The Hall–Kier alpha value is -3.07. The first-order chi connectivity index (χ1) is 14.5. The summed E-state index contributed by atoms with van der Waals surface area (Å²) in [4.78, 5) is 37.6. The fraction of sp³-hybridized carbons (Fsp3) is 0.381. The third-order valence-electron chi connectivity index (χ3n) is 5.01. The number of hydrogen-bond donors (Lipinski definition) is 2. The molecule has 1 aliphatic heterocycles. The van der Waals surface area contributed by atoms with Crippen LogP contribution in [-0.4, -0.2) is 37.7 Å². The van der Waals surface area contributed by atoms with Gasteiger partial charge in [-0.05, 0) is 42.9 Å². The molecule has 158 valence electrons. The Morgan fingerprint density at radius 2 is 2.00 bits per heavy atom. The van der Waals surface area contributed by atoms with Crippen molar-refractivity contribution < 1.29 is 28.6 Å². The summed E-state index contributed by atoms with van der Waals surface area (Å²) in [6, 6.07) is 4.20. The summed E-state index contributed by atoms with van der Waals surface area (Å²) in [6.45, 7) is 2.56. The van der Waals surface area contributed by atoms with Crippen molar-refractivity contribution in [2.45, 2.75) is 26.2 Å². The molecule has 4 rings (SSSR count). The van der Waals surface area contributed by atoms with Crippen molar-refractivity contribution in [3.63, 3.8) is 0 Å². The molecule has 2 N–H and O–H groups in total. The maximum Gasteiger partial charge on any atom is 0.339 e. The fourth-order valence-electron chi connectivity index (χ4n) is 3.50. The molecule has 1 aliphatic carbocycles. The lowest BCUT2D eigenvalue weighted by Crippen LogP contribution is -2.37. The first-order valence-electron chi connectivity index (χ1n) is 9.76. The van der Waals surface area contributed by atoms with E-state index < -0.39 is 24.5 Å². The van der Waals surface area contributed by atoms with E-state index in [0.717, 1.165) is 24.8 Å². The molecule has 1 aromatic carbocycles. The monoisotopic (exact) mass is 430 g/mol. The average molecular weight is 430 g/mol. The van der Waals surface area contributed by atoms with Gasteiger partial charge in [0.05, 0.1) is 5.56 Å². The minimum absolute atomic E-state index is 0.429. The molecule has 0 spiro atoms. The summed E-state index contributed by atoms with van der Waals surface area (Å²) >= 11 is 1.56. The molecule has 2 heterocycles. The second kappa shape index (κ2) is 8.74.